The van der Waals surface area contributed by atoms with Crippen molar-refractivity contribution in [3.05, 3.63) is 27.4 Å². The number of rotatable bonds is 5. The molecule has 0 radical (unpaired) electrons. The molecule has 1 aliphatic carbocycles. The average Bonchev–Trinajstić information content (AvgIpc) is 3.09. The summed E-state index contributed by atoms with van der Waals surface area (Å²) in [6.07, 6.45) is 2.34. The minimum atomic E-state index is -0.181. The van der Waals surface area contributed by atoms with Crippen LogP contribution >= 0.6 is 11.6 Å². The van der Waals surface area contributed by atoms with Crippen molar-refractivity contribution in [2.75, 3.05) is 0 Å². The van der Waals surface area contributed by atoms with Crippen molar-refractivity contribution in [2.45, 2.75) is 51.6 Å². The predicted molar refractivity (Wildman–Crippen MR) is 73.4 cm³/mol. The van der Waals surface area contributed by atoms with Crippen LogP contribution in [0.25, 0.3) is 0 Å². The standard InChI is InChI=1S/C13H18ClN3O2/c1-8(2)15-11(18)5-6-17-12(19)7-10(14)16-13(17)9-3-4-9/h7-9H,3-6H2,1-2H3,(H,15,18). The quantitative estimate of drug-likeness (QED) is 0.837. The van der Waals surface area contributed by atoms with Gasteiger partial charge in [0.2, 0.25) is 5.91 Å². The predicted octanol–water partition coefficient (Wildman–Crippen LogP) is 1.69. The van der Waals surface area contributed by atoms with E-state index in [1.54, 1.807) is 4.57 Å². The molecular weight excluding hydrogens is 266 g/mol. The van der Waals surface area contributed by atoms with Crippen molar-refractivity contribution >= 4 is 17.5 Å². The van der Waals surface area contributed by atoms with E-state index in [9.17, 15) is 9.59 Å². The molecule has 1 N–H and O–H groups in total. The molecule has 1 aliphatic rings. The first kappa shape index (κ1) is 14.1. The van der Waals surface area contributed by atoms with E-state index < -0.39 is 0 Å². The fourth-order valence-electron chi connectivity index (χ4n) is 1.98. The number of hydrogen-bond donors (Lipinski definition) is 1. The molecule has 1 saturated carbocycles. The zero-order valence-electron chi connectivity index (χ0n) is 11.1. The van der Waals surface area contributed by atoms with Crippen molar-refractivity contribution in [1.29, 1.82) is 0 Å². The average molecular weight is 284 g/mol. The van der Waals surface area contributed by atoms with Gasteiger partial charge in [0.15, 0.2) is 0 Å². The zero-order chi connectivity index (χ0) is 14.0. The molecule has 1 aromatic heterocycles. The van der Waals surface area contributed by atoms with E-state index in [0.717, 1.165) is 18.7 Å². The Balaban J connectivity index is 2.11. The molecule has 0 bridgehead atoms. The first-order valence-electron chi connectivity index (χ1n) is 6.54. The molecule has 1 fully saturated rings. The fraction of sp³-hybridized carbons (Fsp3) is 0.615. The van der Waals surface area contributed by atoms with Crippen LogP contribution in [0.5, 0.6) is 0 Å². The summed E-state index contributed by atoms with van der Waals surface area (Å²) in [5.41, 5.74) is -0.181. The molecule has 1 heterocycles. The van der Waals surface area contributed by atoms with Crippen LogP contribution in [0, 0.1) is 0 Å². The van der Waals surface area contributed by atoms with Gasteiger partial charge >= 0.3 is 0 Å². The van der Waals surface area contributed by atoms with E-state index in [-0.39, 0.29) is 29.1 Å². The fourth-order valence-corrected chi connectivity index (χ4v) is 2.16. The van der Waals surface area contributed by atoms with Crippen LogP contribution in [0.3, 0.4) is 0 Å². The van der Waals surface area contributed by atoms with Crippen molar-refractivity contribution in [2.24, 2.45) is 0 Å². The van der Waals surface area contributed by atoms with Crippen LogP contribution in [-0.2, 0) is 11.3 Å². The highest BCUT2D eigenvalue weighted by atomic mass is 35.5. The van der Waals surface area contributed by atoms with Gasteiger partial charge in [-0.05, 0) is 26.7 Å². The minimum absolute atomic E-state index is 0.0569. The Morgan fingerprint density at radius 2 is 2.26 bits per heavy atom. The topological polar surface area (TPSA) is 64.0 Å². The summed E-state index contributed by atoms with van der Waals surface area (Å²) in [4.78, 5) is 27.8. The van der Waals surface area contributed by atoms with Gasteiger partial charge in [0.05, 0.1) is 0 Å². The Kier molecular flexibility index (Phi) is 4.24. The Morgan fingerprint density at radius 3 is 2.84 bits per heavy atom. The molecule has 6 heteroatoms. The lowest BCUT2D eigenvalue weighted by Gasteiger charge is -2.12. The summed E-state index contributed by atoms with van der Waals surface area (Å²) in [7, 11) is 0. The molecule has 0 aliphatic heterocycles. The highest BCUT2D eigenvalue weighted by Gasteiger charge is 2.29. The summed E-state index contributed by atoms with van der Waals surface area (Å²) < 4.78 is 1.57. The van der Waals surface area contributed by atoms with Crippen LogP contribution in [0.15, 0.2) is 10.9 Å². The van der Waals surface area contributed by atoms with Gasteiger partial charge in [0, 0.05) is 31.0 Å². The van der Waals surface area contributed by atoms with Crippen molar-refractivity contribution in [1.82, 2.24) is 14.9 Å². The number of hydrogen-bond acceptors (Lipinski definition) is 3. The van der Waals surface area contributed by atoms with E-state index in [2.05, 4.69) is 10.3 Å². The molecule has 1 aromatic rings. The van der Waals surface area contributed by atoms with E-state index >= 15 is 0 Å². The van der Waals surface area contributed by atoms with Crippen molar-refractivity contribution < 1.29 is 4.79 Å². The van der Waals surface area contributed by atoms with Crippen LogP contribution in [0.1, 0.15) is 44.9 Å². The lowest BCUT2D eigenvalue weighted by Crippen LogP contribution is -2.32. The normalized spacial score (nSPS) is 14.7. The molecular formula is C13H18ClN3O2. The first-order valence-corrected chi connectivity index (χ1v) is 6.92. The van der Waals surface area contributed by atoms with Gasteiger partial charge in [-0.25, -0.2) is 4.98 Å². The number of nitrogens with zero attached hydrogens (tertiary/aromatic N) is 2. The molecule has 1 amide bonds. The third-order valence-electron chi connectivity index (χ3n) is 2.96. The van der Waals surface area contributed by atoms with Gasteiger partial charge in [-0.1, -0.05) is 11.6 Å². The second-order valence-electron chi connectivity index (χ2n) is 5.17. The lowest BCUT2D eigenvalue weighted by molar-refractivity contribution is -0.121. The van der Waals surface area contributed by atoms with Gasteiger partial charge in [0.1, 0.15) is 11.0 Å². The van der Waals surface area contributed by atoms with Crippen LogP contribution in [0.2, 0.25) is 5.15 Å². The summed E-state index contributed by atoms with van der Waals surface area (Å²) >= 11 is 5.82. The Hall–Kier alpha value is -1.36. The Labute approximate surface area is 117 Å². The van der Waals surface area contributed by atoms with Crippen LogP contribution < -0.4 is 10.9 Å². The van der Waals surface area contributed by atoms with Crippen molar-refractivity contribution in [3.8, 4) is 0 Å². The maximum Gasteiger partial charge on any atom is 0.255 e. The number of carbonyl (C=O) groups excluding carboxylic acids is 1. The molecule has 0 aromatic carbocycles. The van der Waals surface area contributed by atoms with E-state index in [1.165, 1.54) is 6.07 Å². The van der Waals surface area contributed by atoms with Crippen LogP contribution in [-0.4, -0.2) is 21.5 Å². The zero-order valence-corrected chi connectivity index (χ0v) is 11.9. The van der Waals surface area contributed by atoms with E-state index in [4.69, 9.17) is 11.6 Å². The lowest BCUT2D eigenvalue weighted by atomic mass is 10.3. The summed E-state index contributed by atoms with van der Waals surface area (Å²) in [5, 5.41) is 3.04. The Bertz CT molecular complexity index is 535. The molecule has 19 heavy (non-hydrogen) atoms. The summed E-state index contributed by atoms with van der Waals surface area (Å²) in [5.74, 6) is 0.980. The molecule has 0 atom stereocenters. The molecule has 0 unspecified atom stereocenters. The monoisotopic (exact) mass is 283 g/mol. The summed E-state index contributed by atoms with van der Waals surface area (Å²) in [6.45, 7) is 4.17. The Morgan fingerprint density at radius 1 is 1.58 bits per heavy atom. The third-order valence-corrected chi connectivity index (χ3v) is 3.15. The van der Waals surface area contributed by atoms with Gasteiger partial charge < -0.3 is 5.32 Å². The number of nitrogens with one attached hydrogen (secondary N) is 1. The number of amides is 1. The van der Waals surface area contributed by atoms with Crippen LogP contribution in [0.4, 0.5) is 0 Å². The second kappa shape index (κ2) is 5.74. The third kappa shape index (κ3) is 3.80. The van der Waals surface area contributed by atoms with Gasteiger partial charge in [0.25, 0.3) is 5.56 Å². The molecule has 0 saturated heterocycles. The summed E-state index contributed by atoms with van der Waals surface area (Å²) in [6, 6.07) is 1.41. The minimum Gasteiger partial charge on any atom is -0.354 e. The number of carbonyl (C=O) groups is 1. The van der Waals surface area contributed by atoms with Gasteiger partial charge in [-0.2, -0.15) is 0 Å². The maximum atomic E-state index is 11.9. The highest BCUT2D eigenvalue weighted by molar-refractivity contribution is 6.29. The van der Waals surface area contributed by atoms with E-state index in [1.807, 2.05) is 13.8 Å². The largest absolute Gasteiger partial charge is 0.354 e. The SMILES string of the molecule is CC(C)NC(=O)CCn1c(C2CC2)nc(Cl)cc1=O. The van der Waals surface area contributed by atoms with Gasteiger partial charge in [-0.15, -0.1) is 0 Å². The van der Waals surface area contributed by atoms with Gasteiger partial charge in [-0.3, -0.25) is 14.2 Å². The number of aromatic nitrogens is 2. The first-order chi connectivity index (χ1) is 8.97. The van der Waals surface area contributed by atoms with E-state index in [0.29, 0.717) is 12.5 Å². The molecule has 5 nitrogen and oxygen atoms in total. The second-order valence-corrected chi connectivity index (χ2v) is 5.56. The molecule has 0 spiro atoms. The highest BCUT2D eigenvalue weighted by Crippen LogP contribution is 2.38. The van der Waals surface area contributed by atoms with Crippen molar-refractivity contribution in [3.63, 3.8) is 0 Å². The molecule has 104 valence electrons. The smallest absolute Gasteiger partial charge is 0.255 e. The maximum absolute atomic E-state index is 11.9. The number of halogens is 1. The molecule has 2 rings (SSSR count).